The average Bonchev–Trinajstić information content (AvgIpc) is 2.23. The summed E-state index contributed by atoms with van der Waals surface area (Å²) in [5.74, 6) is 0. The molecule has 0 unspecified atom stereocenters. The molecule has 0 heterocycles. The van der Waals surface area contributed by atoms with E-state index in [1.165, 1.54) is 6.26 Å². The van der Waals surface area contributed by atoms with Crippen LogP contribution in [0.1, 0.15) is 19.3 Å². The SMILES string of the molecule is CS(=O)(=O)c1ccc(NC2(C#N)CCC2)cc1. The fourth-order valence-corrected chi connectivity index (χ4v) is 2.49. The largest absolute Gasteiger partial charge is 0.367 e. The highest BCUT2D eigenvalue weighted by Gasteiger charge is 2.36. The molecule has 1 aromatic rings. The van der Waals surface area contributed by atoms with E-state index in [1.807, 2.05) is 0 Å². The predicted molar refractivity (Wildman–Crippen MR) is 65.4 cm³/mol. The van der Waals surface area contributed by atoms with Crippen LogP contribution in [0, 0.1) is 11.3 Å². The van der Waals surface area contributed by atoms with Crippen LogP contribution in [0.3, 0.4) is 0 Å². The molecule has 0 atom stereocenters. The van der Waals surface area contributed by atoms with Gasteiger partial charge < -0.3 is 5.32 Å². The summed E-state index contributed by atoms with van der Waals surface area (Å²) < 4.78 is 22.6. The molecule has 1 fully saturated rings. The first kappa shape index (κ1) is 11.9. The molecule has 1 saturated carbocycles. The van der Waals surface area contributed by atoms with Crippen molar-refractivity contribution in [3.05, 3.63) is 24.3 Å². The van der Waals surface area contributed by atoms with E-state index in [-0.39, 0.29) is 0 Å². The molecular weight excluding hydrogens is 236 g/mol. The van der Waals surface area contributed by atoms with E-state index in [0.717, 1.165) is 24.9 Å². The third kappa shape index (κ3) is 2.42. The molecule has 0 spiro atoms. The van der Waals surface area contributed by atoms with E-state index < -0.39 is 15.4 Å². The lowest BCUT2D eigenvalue weighted by molar-refractivity contribution is 0.356. The van der Waals surface area contributed by atoms with Crippen molar-refractivity contribution in [2.75, 3.05) is 11.6 Å². The van der Waals surface area contributed by atoms with E-state index in [2.05, 4.69) is 11.4 Å². The summed E-state index contributed by atoms with van der Waals surface area (Å²) in [7, 11) is -3.15. The van der Waals surface area contributed by atoms with E-state index in [0.29, 0.717) is 4.90 Å². The average molecular weight is 250 g/mol. The van der Waals surface area contributed by atoms with Crippen molar-refractivity contribution in [1.82, 2.24) is 0 Å². The van der Waals surface area contributed by atoms with Gasteiger partial charge in [0.25, 0.3) is 0 Å². The molecule has 0 saturated heterocycles. The van der Waals surface area contributed by atoms with Crippen molar-refractivity contribution in [3.63, 3.8) is 0 Å². The zero-order chi connectivity index (χ0) is 12.5. The Balaban J connectivity index is 2.17. The van der Waals surface area contributed by atoms with Gasteiger partial charge in [0, 0.05) is 11.9 Å². The first-order valence-electron chi connectivity index (χ1n) is 5.45. The molecule has 90 valence electrons. The van der Waals surface area contributed by atoms with Crippen LogP contribution in [-0.4, -0.2) is 20.2 Å². The highest BCUT2D eigenvalue weighted by molar-refractivity contribution is 7.90. The molecule has 0 radical (unpaired) electrons. The zero-order valence-electron chi connectivity index (χ0n) is 9.60. The lowest BCUT2D eigenvalue weighted by Gasteiger charge is -2.36. The Kier molecular flexibility index (Phi) is 2.84. The summed E-state index contributed by atoms with van der Waals surface area (Å²) >= 11 is 0. The van der Waals surface area contributed by atoms with Crippen LogP contribution in [0.5, 0.6) is 0 Å². The van der Waals surface area contributed by atoms with Crippen molar-refractivity contribution in [3.8, 4) is 6.07 Å². The van der Waals surface area contributed by atoms with Crippen LogP contribution in [0.2, 0.25) is 0 Å². The topological polar surface area (TPSA) is 70.0 Å². The summed E-state index contributed by atoms with van der Waals surface area (Å²) in [6.07, 6.45) is 3.93. The van der Waals surface area contributed by atoms with E-state index in [1.54, 1.807) is 24.3 Å². The minimum atomic E-state index is -3.15. The van der Waals surface area contributed by atoms with Gasteiger partial charge in [-0.15, -0.1) is 0 Å². The molecule has 5 heteroatoms. The van der Waals surface area contributed by atoms with Crippen molar-refractivity contribution in [1.29, 1.82) is 5.26 Å². The second kappa shape index (κ2) is 4.04. The van der Waals surface area contributed by atoms with Gasteiger partial charge in [-0.25, -0.2) is 8.42 Å². The maximum atomic E-state index is 11.3. The van der Waals surface area contributed by atoms with Gasteiger partial charge in [-0.05, 0) is 43.5 Å². The van der Waals surface area contributed by atoms with Crippen LogP contribution < -0.4 is 5.32 Å². The monoisotopic (exact) mass is 250 g/mol. The first-order valence-corrected chi connectivity index (χ1v) is 7.34. The standard InChI is InChI=1S/C12H14N2O2S/c1-17(15,16)11-5-3-10(4-6-11)14-12(9-13)7-2-8-12/h3-6,14H,2,7-8H2,1H3. The Morgan fingerprint density at radius 1 is 1.29 bits per heavy atom. The molecule has 1 aliphatic carbocycles. The quantitative estimate of drug-likeness (QED) is 0.890. The van der Waals surface area contributed by atoms with Crippen molar-refractivity contribution in [2.24, 2.45) is 0 Å². The normalized spacial score (nSPS) is 17.9. The number of sulfone groups is 1. The number of anilines is 1. The van der Waals surface area contributed by atoms with Crippen LogP contribution in [0.15, 0.2) is 29.2 Å². The fraction of sp³-hybridized carbons (Fsp3) is 0.417. The van der Waals surface area contributed by atoms with Crippen molar-refractivity contribution >= 4 is 15.5 Å². The van der Waals surface area contributed by atoms with Gasteiger partial charge in [0.05, 0.1) is 11.0 Å². The van der Waals surface area contributed by atoms with Crippen molar-refractivity contribution < 1.29 is 8.42 Å². The Morgan fingerprint density at radius 3 is 2.24 bits per heavy atom. The first-order chi connectivity index (χ1) is 7.95. The number of nitrogens with one attached hydrogen (secondary N) is 1. The molecule has 1 aromatic carbocycles. The molecule has 0 bridgehead atoms. The summed E-state index contributed by atoms with van der Waals surface area (Å²) in [4.78, 5) is 0.294. The second-order valence-electron chi connectivity index (χ2n) is 4.47. The van der Waals surface area contributed by atoms with Crippen LogP contribution in [0.25, 0.3) is 0 Å². The van der Waals surface area contributed by atoms with Crippen LogP contribution >= 0.6 is 0 Å². The van der Waals surface area contributed by atoms with Gasteiger partial charge in [-0.1, -0.05) is 0 Å². The van der Waals surface area contributed by atoms with E-state index in [4.69, 9.17) is 5.26 Å². The Bertz CT molecular complexity index is 551. The number of rotatable bonds is 3. The van der Waals surface area contributed by atoms with Crippen LogP contribution in [-0.2, 0) is 9.84 Å². The number of nitrogens with zero attached hydrogens (tertiary/aromatic N) is 1. The van der Waals surface area contributed by atoms with Gasteiger partial charge >= 0.3 is 0 Å². The lowest BCUT2D eigenvalue weighted by Crippen LogP contribution is -2.43. The zero-order valence-corrected chi connectivity index (χ0v) is 10.4. The third-order valence-electron chi connectivity index (χ3n) is 3.09. The summed E-state index contributed by atoms with van der Waals surface area (Å²) in [5, 5.41) is 12.2. The molecule has 4 nitrogen and oxygen atoms in total. The molecule has 1 aliphatic rings. The number of nitriles is 1. The molecule has 17 heavy (non-hydrogen) atoms. The predicted octanol–water partition coefficient (Wildman–Crippen LogP) is 1.95. The Hall–Kier alpha value is -1.54. The summed E-state index contributed by atoms with van der Waals surface area (Å²) in [6.45, 7) is 0. The smallest absolute Gasteiger partial charge is 0.175 e. The third-order valence-corrected chi connectivity index (χ3v) is 4.22. The minimum absolute atomic E-state index is 0.294. The maximum absolute atomic E-state index is 11.3. The maximum Gasteiger partial charge on any atom is 0.175 e. The lowest BCUT2D eigenvalue weighted by atomic mass is 9.78. The molecule has 2 rings (SSSR count). The van der Waals surface area contributed by atoms with Crippen molar-refractivity contribution in [2.45, 2.75) is 29.7 Å². The highest BCUT2D eigenvalue weighted by atomic mass is 32.2. The summed E-state index contributed by atoms with van der Waals surface area (Å²) in [6, 6.07) is 8.80. The molecule has 0 aliphatic heterocycles. The number of benzene rings is 1. The molecule has 1 N–H and O–H groups in total. The van der Waals surface area contributed by atoms with Gasteiger partial charge in [-0.3, -0.25) is 0 Å². The Morgan fingerprint density at radius 2 is 1.88 bits per heavy atom. The van der Waals surface area contributed by atoms with Crippen LogP contribution in [0.4, 0.5) is 5.69 Å². The highest BCUT2D eigenvalue weighted by Crippen LogP contribution is 2.34. The summed E-state index contributed by atoms with van der Waals surface area (Å²) in [5.41, 5.74) is 0.339. The van der Waals surface area contributed by atoms with Gasteiger partial charge in [0.1, 0.15) is 5.54 Å². The number of hydrogen-bond acceptors (Lipinski definition) is 4. The minimum Gasteiger partial charge on any atom is -0.367 e. The van der Waals surface area contributed by atoms with E-state index in [9.17, 15) is 8.42 Å². The van der Waals surface area contributed by atoms with Gasteiger partial charge in [0.15, 0.2) is 9.84 Å². The Labute approximate surface area is 101 Å². The van der Waals surface area contributed by atoms with Gasteiger partial charge in [-0.2, -0.15) is 5.26 Å². The number of hydrogen-bond donors (Lipinski definition) is 1. The second-order valence-corrected chi connectivity index (χ2v) is 6.48. The molecule has 0 amide bonds. The fourth-order valence-electron chi connectivity index (χ4n) is 1.86. The molecular formula is C12H14N2O2S. The van der Waals surface area contributed by atoms with Gasteiger partial charge in [0.2, 0.25) is 0 Å². The van der Waals surface area contributed by atoms with E-state index >= 15 is 0 Å². The molecule has 0 aromatic heterocycles.